The number of methoxy groups -OCH3 is 1. The summed E-state index contributed by atoms with van der Waals surface area (Å²) in [5.74, 6) is 0.533. The van der Waals surface area contributed by atoms with Gasteiger partial charge in [-0.25, -0.2) is 4.79 Å². The lowest BCUT2D eigenvalue weighted by Gasteiger charge is -2.22. The van der Waals surface area contributed by atoms with Crippen LogP contribution < -0.4 is 9.47 Å². The van der Waals surface area contributed by atoms with Crippen LogP contribution in [0.3, 0.4) is 0 Å². The third-order valence-electron chi connectivity index (χ3n) is 3.06. The zero-order valence-electron chi connectivity index (χ0n) is 11.1. The molecule has 1 aliphatic heterocycles. The minimum atomic E-state index is -0.648. The van der Waals surface area contributed by atoms with Crippen molar-refractivity contribution in [3.8, 4) is 17.6 Å². The second-order valence-electron chi connectivity index (χ2n) is 5.07. The third kappa shape index (κ3) is 2.48. The molecule has 1 atom stereocenters. The highest BCUT2D eigenvalue weighted by molar-refractivity contribution is 5.78. The lowest BCUT2D eigenvalue weighted by Crippen LogP contribution is -2.35. The summed E-state index contributed by atoms with van der Waals surface area (Å²) in [7, 11) is 1.48. The number of carbonyl (C=O) groups is 1. The first-order valence-corrected chi connectivity index (χ1v) is 5.89. The van der Waals surface area contributed by atoms with Gasteiger partial charge in [-0.1, -0.05) is 13.8 Å². The van der Waals surface area contributed by atoms with E-state index in [9.17, 15) is 4.79 Å². The van der Waals surface area contributed by atoms with E-state index in [2.05, 4.69) is 0 Å². The maximum atomic E-state index is 11.6. The van der Waals surface area contributed by atoms with Gasteiger partial charge in [-0.05, 0) is 12.1 Å². The molecule has 0 saturated carbocycles. The standard InChI is InChI=1S/C14H15NO4/c1-14(2)8-18-13(16)12(14)19-10-5-4-9(7-15)11(6-10)17-3/h4-6,12H,8H2,1-3H3. The van der Waals surface area contributed by atoms with Crippen molar-refractivity contribution in [2.75, 3.05) is 13.7 Å². The van der Waals surface area contributed by atoms with Gasteiger partial charge >= 0.3 is 5.97 Å². The number of cyclic esters (lactones) is 1. The topological polar surface area (TPSA) is 68.6 Å². The van der Waals surface area contributed by atoms with Crippen LogP contribution in [-0.4, -0.2) is 25.8 Å². The van der Waals surface area contributed by atoms with Crippen LogP contribution in [-0.2, 0) is 9.53 Å². The average Bonchev–Trinajstić information content (AvgIpc) is 2.65. The van der Waals surface area contributed by atoms with Crippen molar-refractivity contribution < 1.29 is 19.0 Å². The second-order valence-corrected chi connectivity index (χ2v) is 5.07. The van der Waals surface area contributed by atoms with Crippen LogP contribution in [0.5, 0.6) is 11.5 Å². The van der Waals surface area contributed by atoms with Gasteiger partial charge < -0.3 is 14.2 Å². The molecule has 0 spiro atoms. The smallest absolute Gasteiger partial charge is 0.348 e. The molecule has 5 nitrogen and oxygen atoms in total. The maximum absolute atomic E-state index is 11.6. The molecular formula is C14H15NO4. The zero-order chi connectivity index (χ0) is 14.0. The van der Waals surface area contributed by atoms with Crippen molar-refractivity contribution in [2.24, 2.45) is 5.41 Å². The van der Waals surface area contributed by atoms with E-state index < -0.39 is 6.10 Å². The van der Waals surface area contributed by atoms with E-state index in [0.717, 1.165) is 0 Å². The minimum absolute atomic E-state index is 0.337. The van der Waals surface area contributed by atoms with Gasteiger partial charge in [0.25, 0.3) is 0 Å². The van der Waals surface area contributed by atoms with Crippen LogP contribution in [0.1, 0.15) is 19.4 Å². The van der Waals surface area contributed by atoms with Crippen molar-refractivity contribution in [1.29, 1.82) is 5.26 Å². The van der Waals surface area contributed by atoms with Crippen LogP contribution in [0.2, 0.25) is 0 Å². The molecule has 1 aromatic rings. The van der Waals surface area contributed by atoms with Crippen molar-refractivity contribution in [1.82, 2.24) is 0 Å². The Bertz CT molecular complexity index is 545. The first-order chi connectivity index (χ1) is 8.97. The number of benzene rings is 1. The molecule has 2 rings (SSSR count). The van der Waals surface area contributed by atoms with E-state index in [4.69, 9.17) is 19.5 Å². The number of hydrogen-bond donors (Lipinski definition) is 0. The molecule has 1 unspecified atom stereocenters. The van der Waals surface area contributed by atoms with Gasteiger partial charge in [0.15, 0.2) is 0 Å². The molecule has 0 radical (unpaired) electrons. The zero-order valence-corrected chi connectivity index (χ0v) is 11.1. The highest BCUT2D eigenvalue weighted by atomic mass is 16.6. The first-order valence-electron chi connectivity index (χ1n) is 5.89. The number of rotatable bonds is 3. The van der Waals surface area contributed by atoms with Gasteiger partial charge in [-0.15, -0.1) is 0 Å². The highest BCUT2D eigenvalue weighted by Crippen LogP contribution is 2.33. The molecule has 1 aromatic carbocycles. The summed E-state index contributed by atoms with van der Waals surface area (Å²) in [4.78, 5) is 11.6. The predicted molar refractivity (Wildman–Crippen MR) is 66.9 cm³/mol. The highest BCUT2D eigenvalue weighted by Gasteiger charge is 2.45. The molecule has 0 N–H and O–H groups in total. The number of nitriles is 1. The molecule has 0 aliphatic carbocycles. The summed E-state index contributed by atoms with van der Waals surface area (Å²) in [5, 5.41) is 8.90. The van der Waals surface area contributed by atoms with Crippen LogP contribution in [0.4, 0.5) is 0 Å². The Morgan fingerprint density at radius 3 is 2.74 bits per heavy atom. The lowest BCUT2D eigenvalue weighted by atomic mass is 9.90. The van der Waals surface area contributed by atoms with Gasteiger partial charge in [0.1, 0.15) is 24.2 Å². The van der Waals surface area contributed by atoms with E-state index in [1.54, 1.807) is 18.2 Å². The Kier molecular flexibility index (Phi) is 3.34. The van der Waals surface area contributed by atoms with E-state index >= 15 is 0 Å². The van der Waals surface area contributed by atoms with Gasteiger partial charge in [-0.3, -0.25) is 0 Å². The molecular weight excluding hydrogens is 246 g/mol. The molecule has 1 aliphatic rings. The van der Waals surface area contributed by atoms with Crippen LogP contribution in [0.25, 0.3) is 0 Å². The summed E-state index contributed by atoms with van der Waals surface area (Å²) < 4.78 is 15.8. The molecule has 1 heterocycles. The van der Waals surface area contributed by atoms with Gasteiger partial charge in [0.2, 0.25) is 6.10 Å². The van der Waals surface area contributed by atoms with Crippen molar-refractivity contribution in [3.05, 3.63) is 23.8 Å². The van der Waals surface area contributed by atoms with Gasteiger partial charge in [0, 0.05) is 11.5 Å². The number of esters is 1. The Hall–Kier alpha value is -2.22. The molecule has 0 aromatic heterocycles. The minimum Gasteiger partial charge on any atom is -0.495 e. The summed E-state index contributed by atoms with van der Waals surface area (Å²) in [5.41, 5.74) is 0.0428. The molecule has 5 heteroatoms. The Balaban J connectivity index is 2.25. The molecule has 100 valence electrons. The van der Waals surface area contributed by atoms with Crippen LogP contribution in [0.15, 0.2) is 18.2 Å². The molecule has 0 amide bonds. The monoisotopic (exact) mass is 261 g/mol. The number of carbonyl (C=O) groups excluding carboxylic acids is 1. The normalized spacial score (nSPS) is 20.5. The van der Waals surface area contributed by atoms with E-state index in [0.29, 0.717) is 23.7 Å². The number of ether oxygens (including phenoxy) is 3. The van der Waals surface area contributed by atoms with Crippen molar-refractivity contribution >= 4 is 5.97 Å². The lowest BCUT2D eigenvalue weighted by molar-refractivity contribution is -0.143. The average molecular weight is 261 g/mol. The molecule has 1 saturated heterocycles. The maximum Gasteiger partial charge on any atom is 0.348 e. The first kappa shape index (κ1) is 13.2. The third-order valence-corrected chi connectivity index (χ3v) is 3.06. The largest absolute Gasteiger partial charge is 0.495 e. The van der Waals surface area contributed by atoms with Gasteiger partial charge in [-0.2, -0.15) is 5.26 Å². The molecule has 1 fully saturated rings. The summed E-state index contributed by atoms with van der Waals surface area (Å²) in [6.45, 7) is 4.15. The van der Waals surface area contributed by atoms with E-state index in [-0.39, 0.29) is 11.4 Å². The van der Waals surface area contributed by atoms with Crippen LogP contribution >= 0.6 is 0 Å². The predicted octanol–water partition coefficient (Wildman–Crippen LogP) is 1.90. The fourth-order valence-corrected chi connectivity index (χ4v) is 1.91. The van der Waals surface area contributed by atoms with Crippen molar-refractivity contribution in [3.63, 3.8) is 0 Å². The Labute approximate surface area is 111 Å². The summed E-state index contributed by atoms with van der Waals surface area (Å²) >= 11 is 0. The summed E-state index contributed by atoms with van der Waals surface area (Å²) in [6.07, 6.45) is -0.648. The fourth-order valence-electron chi connectivity index (χ4n) is 1.91. The molecule has 0 bridgehead atoms. The summed E-state index contributed by atoms with van der Waals surface area (Å²) in [6, 6.07) is 6.86. The van der Waals surface area contributed by atoms with Crippen molar-refractivity contribution in [2.45, 2.75) is 20.0 Å². The second kappa shape index (κ2) is 4.81. The van der Waals surface area contributed by atoms with Gasteiger partial charge in [0.05, 0.1) is 12.7 Å². The number of hydrogen-bond acceptors (Lipinski definition) is 5. The van der Waals surface area contributed by atoms with E-state index in [1.165, 1.54) is 7.11 Å². The van der Waals surface area contributed by atoms with Crippen LogP contribution in [0, 0.1) is 16.7 Å². The molecule has 19 heavy (non-hydrogen) atoms. The number of nitrogens with zero attached hydrogens (tertiary/aromatic N) is 1. The Morgan fingerprint density at radius 1 is 1.47 bits per heavy atom. The Morgan fingerprint density at radius 2 is 2.21 bits per heavy atom. The SMILES string of the molecule is COc1cc(OC2C(=O)OCC2(C)C)ccc1C#N. The van der Waals surface area contributed by atoms with E-state index in [1.807, 2.05) is 19.9 Å². The quantitative estimate of drug-likeness (QED) is 0.777. The fraction of sp³-hybridized carbons (Fsp3) is 0.429.